The van der Waals surface area contributed by atoms with Gasteiger partial charge < -0.3 is 5.32 Å². The zero-order valence-electron chi connectivity index (χ0n) is 12.2. The Balaban J connectivity index is 1.75. The summed E-state index contributed by atoms with van der Waals surface area (Å²) in [6, 6.07) is 0. The number of halogens is 3. The summed E-state index contributed by atoms with van der Waals surface area (Å²) in [7, 11) is 0. The number of aryl methyl sites for hydroxylation is 2. The molecule has 1 N–H and O–H groups in total. The van der Waals surface area contributed by atoms with Crippen molar-refractivity contribution in [3.05, 3.63) is 32.2 Å². The van der Waals surface area contributed by atoms with Crippen LogP contribution in [-0.2, 0) is 17.9 Å². The minimum atomic E-state index is -0.0838. The molecule has 6 nitrogen and oxygen atoms in total. The van der Waals surface area contributed by atoms with Crippen molar-refractivity contribution in [2.24, 2.45) is 0 Å². The van der Waals surface area contributed by atoms with Gasteiger partial charge in [-0.3, -0.25) is 14.2 Å². The van der Waals surface area contributed by atoms with Crippen molar-refractivity contribution in [2.75, 3.05) is 6.54 Å². The standard InChI is InChI=1S/C13H16BrCl2N5O/c1-8-12(15)13(16)20(19-8)5-3-4-17-11(22)7-21-9(2)10(14)6-18-21/h6H,3-5,7H2,1-2H3,(H,17,22). The summed E-state index contributed by atoms with van der Waals surface area (Å²) < 4.78 is 4.17. The zero-order chi connectivity index (χ0) is 16.3. The first-order chi connectivity index (χ1) is 10.4. The molecule has 120 valence electrons. The minimum Gasteiger partial charge on any atom is -0.354 e. The highest BCUT2D eigenvalue weighted by atomic mass is 79.9. The Hall–Kier alpha value is -1.05. The van der Waals surface area contributed by atoms with Crippen LogP contribution in [0, 0.1) is 13.8 Å². The van der Waals surface area contributed by atoms with Gasteiger partial charge in [-0.1, -0.05) is 23.2 Å². The molecule has 0 radical (unpaired) electrons. The van der Waals surface area contributed by atoms with Crippen LogP contribution in [0.5, 0.6) is 0 Å². The zero-order valence-corrected chi connectivity index (χ0v) is 15.3. The van der Waals surface area contributed by atoms with Crippen LogP contribution in [-0.4, -0.2) is 32.0 Å². The summed E-state index contributed by atoms with van der Waals surface area (Å²) in [5, 5.41) is 12.1. The molecule has 2 rings (SSSR count). The first-order valence-electron chi connectivity index (χ1n) is 6.73. The van der Waals surface area contributed by atoms with Crippen molar-refractivity contribution in [3.63, 3.8) is 0 Å². The molecule has 2 heterocycles. The lowest BCUT2D eigenvalue weighted by atomic mass is 10.4. The van der Waals surface area contributed by atoms with Crippen LogP contribution >= 0.6 is 39.1 Å². The van der Waals surface area contributed by atoms with Gasteiger partial charge in [0.05, 0.1) is 22.1 Å². The van der Waals surface area contributed by atoms with Crippen LogP contribution in [0.2, 0.25) is 10.2 Å². The van der Waals surface area contributed by atoms with Crippen molar-refractivity contribution < 1.29 is 4.79 Å². The van der Waals surface area contributed by atoms with Gasteiger partial charge in [-0.05, 0) is 36.2 Å². The lowest BCUT2D eigenvalue weighted by Crippen LogP contribution is -2.29. The van der Waals surface area contributed by atoms with Crippen LogP contribution < -0.4 is 5.32 Å². The molecule has 0 spiro atoms. The minimum absolute atomic E-state index is 0.0838. The number of hydrogen-bond donors (Lipinski definition) is 1. The summed E-state index contributed by atoms with van der Waals surface area (Å²) >= 11 is 15.4. The van der Waals surface area contributed by atoms with E-state index < -0.39 is 0 Å². The molecule has 0 aliphatic rings. The summed E-state index contributed by atoms with van der Waals surface area (Å²) in [5.41, 5.74) is 1.62. The molecule has 2 aromatic heterocycles. The van der Waals surface area contributed by atoms with Crippen molar-refractivity contribution in [3.8, 4) is 0 Å². The first kappa shape index (κ1) is 17.3. The van der Waals surface area contributed by atoms with Gasteiger partial charge in [0, 0.05) is 13.1 Å². The number of rotatable bonds is 6. The highest BCUT2D eigenvalue weighted by Crippen LogP contribution is 2.24. The molecule has 1 amide bonds. The molecule has 0 bridgehead atoms. The molecule has 22 heavy (non-hydrogen) atoms. The van der Waals surface area contributed by atoms with E-state index in [1.807, 2.05) is 6.92 Å². The molecule has 0 atom stereocenters. The van der Waals surface area contributed by atoms with Gasteiger partial charge >= 0.3 is 0 Å². The second kappa shape index (κ2) is 7.48. The van der Waals surface area contributed by atoms with E-state index in [-0.39, 0.29) is 12.5 Å². The Labute approximate surface area is 146 Å². The molecule has 0 saturated carbocycles. The highest BCUT2D eigenvalue weighted by Gasteiger charge is 2.11. The second-order valence-electron chi connectivity index (χ2n) is 4.85. The van der Waals surface area contributed by atoms with Gasteiger partial charge in [-0.2, -0.15) is 10.2 Å². The molecule has 0 saturated heterocycles. The van der Waals surface area contributed by atoms with Crippen molar-refractivity contribution >= 4 is 45.0 Å². The maximum absolute atomic E-state index is 11.9. The molecule has 0 fully saturated rings. The van der Waals surface area contributed by atoms with E-state index in [1.54, 1.807) is 22.5 Å². The average molecular weight is 409 g/mol. The van der Waals surface area contributed by atoms with Crippen LogP contribution in [0.15, 0.2) is 10.7 Å². The highest BCUT2D eigenvalue weighted by molar-refractivity contribution is 9.10. The van der Waals surface area contributed by atoms with E-state index in [9.17, 15) is 4.79 Å². The lowest BCUT2D eigenvalue weighted by Gasteiger charge is -2.07. The third-order valence-electron chi connectivity index (χ3n) is 3.20. The number of carbonyl (C=O) groups excluding carboxylic acids is 1. The van der Waals surface area contributed by atoms with E-state index in [2.05, 4.69) is 31.4 Å². The van der Waals surface area contributed by atoms with E-state index in [1.165, 1.54) is 0 Å². The van der Waals surface area contributed by atoms with Gasteiger partial charge in [-0.25, -0.2) is 0 Å². The van der Waals surface area contributed by atoms with Gasteiger partial charge in [0.25, 0.3) is 0 Å². The fraction of sp³-hybridized carbons (Fsp3) is 0.462. The molecular formula is C13H16BrCl2N5O. The van der Waals surface area contributed by atoms with Gasteiger partial charge in [0.1, 0.15) is 16.7 Å². The Morgan fingerprint density at radius 2 is 2.09 bits per heavy atom. The SMILES string of the molecule is Cc1nn(CCCNC(=O)Cn2ncc(Br)c2C)c(Cl)c1Cl. The van der Waals surface area contributed by atoms with E-state index >= 15 is 0 Å². The Kier molecular flexibility index (Phi) is 5.88. The van der Waals surface area contributed by atoms with Gasteiger partial charge in [-0.15, -0.1) is 0 Å². The largest absolute Gasteiger partial charge is 0.354 e. The molecule has 0 aliphatic carbocycles. The number of amides is 1. The monoisotopic (exact) mass is 407 g/mol. The van der Waals surface area contributed by atoms with Crippen LogP contribution in [0.25, 0.3) is 0 Å². The second-order valence-corrected chi connectivity index (χ2v) is 6.44. The smallest absolute Gasteiger partial charge is 0.241 e. The Bertz CT molecular complexity index is 682. The molecule has 2 aromatic rings. The van der Waals surface area contributed by atoms with Crippen LogP contribution in [0.4, 0.5) is 0 Å². The Morgan fingerprint density at radius 3 is 2.64 bits per heavy atom. The van der Waals surface area contributed by atoms with Crippen LogP contribution in [0.3, 0.4) is 0 Å². The Morgan fingerprint density at radius 1 is 1.36 bits per heavy atom. The van der Waals surface area contributed by atoms with Crippen molar-refractivity contribution in [1.82, 2.24) is 24.9 Å². The molecule has 9 heteroatoms. The molecule has 0 unspecified atom stereocenters. The number of carbonyl (C=O) groups is 1. The summed E-state index contributed by atoms with van der Waals surface area (Å²) in [5.74, 6) is -0.0838. The fourth-order valence-corrected chi connectivity index (χ4v) is 2.60. The van der Waals surface area contributed by atoms with Crippen molar-refractivity contribution in [2.45, 2.75) is 33.4 Å². The number of nitrogens with zero attached hydrogens (tertiary/aromatic N) is 4. The first-order valence-corrected chi connectivity index (χ1v) is 8.28. The predicted molar refractivity (Wildman–Crippen MR) is 89.3 cm³/mol. The van der Waals surface area contributed by atoms with E-state index in [0.29, 0.717) is 35.4 Å². The van der Waals surface area contributed by atoms with Gasteiger partial charge in [0.15, 0.2) is 0 Å². The quantitative estimate of drug-likeness (QED) is 0.747. The van der Waals surface area contributed by atoms with Crippen LogP contribution in [0.1, 0.15) is 17.8 Å². The number of nitrogens with one attached hydrogen (secondary N) is 1. The third-order valence-corrected chi connectivity index (χ3v) is 4.91. The lowest BCUT2D eigenvalue weighted by molar-refractivity contribution is -0.121. The number of hydrogen-bond acceptors (Lipinski definition) is 3. The summed E-state index contributed by atoms with van der Waals surface area (Å²) in [4.78, 5) is 11.9. The van der Waals surface area contributed by atoms with E-state index in [0.717, 1.165) is 10.2 Å². The normalized spacial score (nSPS) is 11.0. The molecule has 0 aliphatic heterocycles. The summed E-state index contributed by atoms with van der Waals surface area (Å²) in [6.07, 6.45) is 2.39. The van der Waals surface area contributed by atoms with E-state index in [4.69, 9.17) is 23.2 Å². The maximum atomic E-state index is 11.9. The average Bonchev–Trinajstić information content (AvgIpc) is 2.92. The predicted octanol–water partition coefficient (Wildman–Crippen LogP) is 2.97. The summed E-state index contributed by atoms with van der Waals surface area (Å²) in [6.45, 7) is 5.03. The molecule has 0 aromatic carbocycles. The topological polar surface area (TPSA) is 64.7 Å². The number of aromatic nitrogens is 4. The fourth-order valence-electron chi connectivity index (χ4n) is 1.91. The molecular weight excluding hydrogens is 393 g/mol. The van der Waals surface area contributed by atoms with Crippen molar-refractivity contribution in [1.29, 1.82) is 0 Å². The maximum Gasteiger partial charge on any atom is 0.241 e. The van der Waals surface area contributed by atoms with Gasteiger partial charge in [0.2, 0.25) is 5.91 Å². The third kappa shape index (κ3) is 4.02.